The van der Waals surface area contributed by atoms with E-state index in [9.17, 15) is 9.90 Å². The van der Waals surface area contributed by atoms with Crippen LogP contribution in [0.15, 0.2) is 53.6 Å². The van der Waals surface area contributed by atoms with Gasteiger partial charge in [-0.05, 0) is 18.2 Å². The highest BCUT2D eigenvalue weighted by molar-refractivity contribution is 5.53. The van der Waals surface area contributed by atoms with Crippen LogP contribution in [0.3, 0.4) is 0 Å². The lowest BCUT2D eigenvalue weighted by Crippen LogP contribution is -2.35. The lowest BCUT2D eigenvalue weighted by Gasteiger charge is -2.27. The van der Waals surface area contributed by atoms with E-state index in [-0.39, 0.29) is 11.3 Å². The van der Waals surface area contributed by atoms with Gasteiger partial charge in [0, 0.05) is 49.6 Å². The molecule has 0 fully saturated rings. The molecule has 0 amide bonds. The van der Waals surface area contributed by atoms with Crippen molar-refractivity contribution in [3.05, 3.63) is 76.0 Å². The van der Waals surface area contributed by atoms with E-state index in [4.69, 9.17) is 0 Å². The van der Waals surface area contributed by atoms with Crippen LogP contribution in [-0.2, 0) is 19.5 Å². The molecule has 3 heterocycles. The molecule has 0 aliphatic carbocycles. The Labute approximate surface area is 144 Å². The number of aromatic amines is 1. The van der Waals surface area contributed by atoms with Crippen molar-refractivity contribution in [1.29, 1.82) is 0 Å². The van der Waals surface area contributed by atoms with E-state index in [2.05, 4.69) is 19.9 Å². The molecule has 2 aromatic heterocycles. The number of hydrogen-bond donors (Lipinski definition) is 2. The Morgan fingerprint density at radius 1 is 1.20 bits per heavy atom. The number of fused-ring (bicyclic) bond motifs is 1. The first-order valence-electron chi connectivity index (χ1n) is 8.22. The zero-order valence-electron chi connectivity index (χ0n) is 13.6. The largest absolute Gasteiger partial charge is 0.508 e. The van der Waals surface area contributed by atoms with Gasteiger partial charge < -0.3 is 10.1 Å². The van der Waals surface area contributed by atoms with Gasteiger partial charge in [0.15, 0.2) is 0 Å². The average Bonchev–Trinajstić information content (AvgIpc) is 2.65. The molecule has 0 saturated heterocycles. The average molecular weight is 334 g/mol. The molecule has 6 nitrogen and oxygen atoms in total. The molecule has 1 aromatic carbocycles. The molecule has 6 heteroatoms. The first-order chi connectivity index (χ1) is 12.2. The van der Waals surface area contributed by atoms with E-state index in [0.717, 1.165) is 23.4 Å². The molecule has 0 bridgehead atoms. The first-order valence-corrected chi connectivity index (χ1v) is 8.22. The number of aromatic hydroxyl groups is 1. The van der Waals surface area contributed by atoms with Crippen molar-refractivity contribution in [2.75, 3.05) is 6.54 Å². The van der Waals surface area contributed by atoms with Crippen LogP contribution in [0.2, 0.25) is 0 Å². The van der Waals surface area contributed by atoms with Gasteiger partial charge in [-0.3, -0.25) is 14.7 Å². The topological polar surface area (TPSA) is 82.1 Å². The predicted octanol–water partition coefficient (Wildman–Crippen LogP) is 2.10. The fourth-order valence-corrected chi connectivity index (χ4v) is 3.14. The molecule has 25 heavy (non-hydrogen) atoms. The summed E-state index contributed by atoms with van der Waals surface area (Å²) in [6.45, 7) is 1.93. The molecule has 0 radical (unpaired) electrons. The van der Waals surface area contributed by atoms with E-state index in [1.807, 2.05) is 24.3 Å². The Morgan fingerprint density at radius 3 is 2.88 bits per heavy atom. The minimum Gasteiger partial charge on any atom is -0.508 e. The van der Waals surface area contributed by atoms with E-state index in [1.165, 1.54) is 0 Å². The fraction of sp³-hybridized carbons (Fsp3) is 0.211. The van der Waals surface area contributed by atoms with Crippen LogP contribution < -0.4 is 5.56 Å². The standard InChI is InChI=1S/C19H18N4O2/c24-17-6-2-1-4-14(17)11-23-9-7-16-15(12-23)19(25)22-18(21-16)13-5-3-8-20-10-13/h1-6,8,10,24H,7,9,11-12H2,(H,21,22,25). The monoisotopic (exact) mass is 334 g/mol. The van der Waals surface area contributed by atoms with Crippen LogP contribution >= 0.6 is 0 Å². The van der Waals surface area contributed by atoms with Crippen molar-refractivity contribution >= 4 is 0 Å². The molecule has 1 aliphatic heterocycles. The molecule has 0 saturated carbocycles. The molecular weight excluding hydrogens is 316 g/mol. The normalized spacial score (nSPS) is 14.2. The Morgan fingerprint density at radius 2 is 2.08 bits per heavy atom. The van der Waals surface area contributed by atoms with Crippen LogP contribution in [-0.4, -0.2) is 31.5 Å². The third kappa shape index (κ3) is 3.16. The highest BCUT2D eigenvalue weighted by Gasteiger charge is 2.22. The van der Waals surface area contributed by atoms with Crippen LogP contribution in [0.4, 0.5) is 0 Å². The Kier molecular flexibility index (Phi) is 4.03. The van der Waals surface area contributed by atoms with Crippen LogP contribution in [0.25, 0.3) is 11.4 Å². The number of phenols is 1. The third-order valence-electron chi connectivity index (χ3n) is 4.47. The minimum absolute atomic E-state index is 0.106. The highest BCUT2D eigenvalue weighted by Crippen LogP contribution is 2.22. The van der Waals surface area contributed by atoms with Gasteiger partial charge in [-0.15, -0.1) is 0 Å². The Bertz CT molecular complexity index is 953. The van der Waals surface area contributed by atoms with E-state index < -0.39 is 0 Å². The van der Waals surface area contributed by atoms with Gasteiger partial charge in [-0.2, -0.15) is 0 Å². The molecule has 0 spiro atoms. The minimum atomic E-state index is -0.106. The summed E-state index contributed by atoms with van der Waals surface area (Å²) in [6, 6.07) is 11.0. The number of nitrogens with one attached hydrogen (secondary N) is 1. The lowest BCUT2D eigenvalue weighted by atomic mass is 10.1. The quantitative estimate of drug-likeness (QED) is 0.766. The van der Waals surface area contributed by atoms with Gasteiger partial charge in [-0.1, -0.05) is 18.2 Å². The van der Waals surface area contributed by atoms with Crippen molar-refractivity contribution in [3.63, 3.8) is 0 Å². The summed E-state index contributed by atoms with van der Waals surface area (Å²) in [5.41, 5.74) is 3.11. The van der Waals surface area contributed by atoms with E-state index in [0.29, 0.717) is 30.9 Å². The van der Waals surface area contributed by atoms with Gasteiger partial charge in [0.2, 0.25) is 0 Å². The summed E-state index contributed by atoms with van der Waals surface area (Å²) in [5.74, 6) is 0.846. The zero-order valence-corrected chi connectivity index (χ0v) is 13.6. The first kappa shape index (κ1) is 15.5. The Balaban J connectivity index is 1.60. The number of para-hydroxylation sites is 1. The fourth-order valence-electron chi connectivity index (χ4n) is 3.14. The highest BCUT2D eigenvalue weighted by atomic mass is 16.3. The number of rotatable bonds is 3. The van der Waals surface area contributed by atoms with Crippen molar-refractivity contribution in [1.82, 2.24) is 19.9 Å². The summed E-state index contributed by atoms with van der Waals surface area (Å²) >= 11 is 0. The summed E-state index contributed by atoms with van der Waals surface area (Å²) in [6.07, 6.45) is 4.09. The van der Waals surface area contributed by atoms with Crippen molar-refractivity contribution in [2.24, 2.45) is 0 Å². The molecule has 2 N–H and O–H groups in total. The van der Waals surface area contributed by atoms with Crippen molar-refractivity contribution in [3.8, 4) is 17.1 Å². The molecule has 126 valence electrons. The second-order valence-corrected chi connectivity index (χ2v) is 6.17. The van der Waals surface area contributed by atoms with Gasteiger partial charge in [0.1, 0.15) is 11.6 Å². The van der Waals surface area contributed by atoms with Crippen molar-refractivity contribution in [2.45, 2.75) is 19.5 Å². The summed E-state index contributed by atoms with van der Waals surface area (Å²) < 4.78 is 0. The summed E-state index contributed by atoms with van der Waals surface area (Å²) in [7, 11) is 0. The number of hydrogen-bond acceptors (Lipinski definition) is 5. The van der Waals surface area contributed by atoms with Gasteiger partial charge in [0.25, 0.3) is 5.56 Å². The molecule has 1 aliphatic rings. The zero-order chi connectivity index (χ0) is 17.2. The number of pyridine rings is 1. The van der Waals surface area contributed by atoms with E-state index in [1.54, 1.807) is 24.5 Å². The number of H-pyrrole nitrogens is 1. The maximum Gasteiger partial charge on any atom is 0.255 e. The summed E-state index contributed by atoms with van der Waals surface area (Å²) in [4.78, 5) is 26.3. The van der Waals surface area contributed by atoms with E-state index >= 15 is 0 Å². The molecule has 4 rings (SSSR count). The van der Waals surface area contributed by atoms with Crippen LogP contribution in [0, 0.1) is 0 Å². The third-order valence-corrected chi connectivity index (χ3v) is 4.47. The number of benzene rings is 1. The molecule has 3 aromatic rings. The molecular formula is C19H18N4O2. The number of aromatic nitrogens is 3. The van der Waals surface area contributed by atoms with Gasteiger partial charge in [0.05, 0.1) is 11.3 Å². The molecule has 0 unspecified atom stereocenters. The van der Waals surface area contributed by atoms with Crippen LogP contribution in [0.1, 0.15) is 16.8 Å². The van der Waals surface area contributed by atoms with Gasteiger partial charge in [-0.25, -0.2) is 4.98 Å². The lowest BCUT2D eigenvalue weighted by molar-refractivity contribution is 0.239. The SMILES string of the molecule is O=c1[nH]c(-c2cccnc2)nc2c1CN(Cc1ccccc1O)CC2. The second-order valence-electron chi connectivity index (χ2n) is 6.17. The Hall–Kier alpha value is -2.99. The van der Waals surface area contributed by atoms with Crippen LogP contribution in [0.5, 0.6) is 5.75 Å². The summed E-state index contributed by atoms with van der Waals surface area (Å²) in [5, 5.41) is 9.94. The van der Waals surface area contributed by atoms with Gasteiger partial charge >= 0.3 is 0 Å². The second kappa shape index (κ2) is 6.49. The molecule has 0 atom stereocenters. The van der Waals surface area contributed by atoms with Crippen molar-refractivity contribution < 1.29 is 5.11 Å². The number of phenolic OH excluding ortho intramolecular Hbond substituents is 1. The predicted molar refractivity (Wildman–Crippen MR) is 94.0 cm³/mol. The maximum absolute atomic E-state index is 12.5. The maximum atomic E-state index is 12.5. The number of nitrogens with zero attached hydrogens (tertiary/aromatic N) is 3. The smallest absolute Gasteiger partial charge is 0.255 e.